The summed E-state index contributed by atoms with van der Waals surface area (Å²) in [4.78, 5) is 38.0. The van der Waals surface area contributed by atoms with Crippen LogP contribution in [0.3, 0.4) is 0 Å². The van der Waals surface area contributed by atoms with Gasteiger partial charge in [-0.3, -0.25) is 0 Å². The van der Waals surface area contributed by atoms with Crippen LogP contribution in [0.4, 0.5) is 0 Å². The Labute approximate surface area is 165 Å². The number of esters is 3. The van der Waals surface area contributed by atoms with Crippen LogP contribution in [0.5, 0.6) is 0 Å². The number of fused-ring (bicyclic) bond motifs is 1. The number of carbonyl (C=O) groups is 3. The SMILES string of the molecule is CC1=C2[C@H](CC34[C@@H]5OC(=O)[C@]23OC2OC(=O)[C@H](O)C24[C@H](C(C)(C)C)[C@H]5O)OC1=O. The van der Waals surface area contributed by atoms with E-state index in [-0.39, 0.29) is 12.0 Å². The molecule has 0 aromatic carbocycles. The molecule has 9 heteroatoms. The molecule has 2 saturated carbocycles. The first-order valence-corrected chi connectivity index (χ1v) is 9.84. The minimum absolute atomic E-state index is 0.107. The van der Waals surface area contributed by atoms with Crippen molar-refractivity contribution >= 4 is 17.9 Å². The molecule has 4 heterocycles. The largest absolute Gasteiger partial charge is 0.456 e. The standard InChI is InChI=1S/C20H22O9/c1-6-8-7(26-13(6)23)5-18-12-9(21)10(17(2,3)4)19(18)11(22)14(24)28-16(19)29-20(8,18)15(25)27-12/h7,9-12,16,21-22H,5H2,1-4H3/t7-,9+,10-,11-,12+,16?,18?,19?,20+/m0/s1. The summed E-state index contributed by atoms with van der Waals surface area (Å²) < 4.78 is 22.8. The molecule has 0 radical (unpaired) electrons. The first kappa shape index (κ1) is 17.9. The summed E-state index contributed by atoms with van der Waals surface area (Å²) in [6.45, 7) is 7.23. The molecular weight excluding hydrogens is 384 g/mol. The predicted molar refractivity (Wildman–Crippen MR) is 90.6 cm³/mol. The molecule has 3 saturated heterocycles. The summed E-state index contributed by atoms with van der Waals surface area (Å²) in [6, 6.07) is 0. The summed E-state index contributed by atoms with van der Waals surface area (Å²) in [5.41, 5.74) is -4.39. The lowest BCUT2D eigenvalue weighted by atomic mass is 9.52. The Hall–Kier alpha value is -1.97. The molecule has 2 spiro atoms. The highest BCUT2D eigenvalue weighted by Gasteiger charge is 2.98. The Morgan fingerprint density at radius 3 is 2.41 bits per heavy atom. The number of carbonyl (C=O) groups excluding carboxylic acids is 3. The topological polar surface area (TPSA) is 129 Å². The van der Waals surface area contributed by atoms with Gasteiger partial charge in [0, 0.05) is 23.5 Å². The van der Waals surface area contributed by atoms with Gasteiger partial charge in [-0.05, 0) is 12.3 Å². The van der Waals surface area contributed by atoms with E-state index in [4.69, 9.17) is 18.9 Å². The van der Waals surface area contributed by atoms with Gasteiger partial charge in [0.25, 0.3) is 0 Å². The number of ether oxygens (including phenoxy) is 4. The third-order valence-corrected chi connectivity index (χ3v) is 8.25. The van der Waals surface area contributed by atoms with Crippen LogP contribution in [-0.4, -0.2) is 64.4 Å². The number of hydrogen-bond donors (Lipinski definition) is 2. The van der Waals surface area contributed by atoms with Crippen LogP contribution in [0, 0.1) is 22.2 Å². The lowest BCUT2D eigenvalue weighted by Gasteiger charge is -2.45. The van der Waals surface area contributed by atoms with Gasteiger partial charge in [0.15, 0.2) is 6.10 Å². The third kappa shape index (κ3) is 1.39. The Balaban J connectivity index is 1.72. The molecule has 156 valence electrons. The fourth-order valence-corrected chi connectivity index (χ4v) is 7.76. The predicted octanol–water partition coefficient (Wildman–Crippen LogP) is -0.420. The summed E-state index contributed by atoms with van der Waals surface area (Å²) in [6.07, 6.45) is -5.63. The zero-order chi connectivity index (χ0) is 20.9. The van der Waals surface area contributed by atoms with E-state index in [0.29, 0.717) is 5.57 Å². The number of rotatable bonds is 0. The highest BCUT2D eigenvalue weighted by Crippen LogP contribution is 2.83. The number of aliphatic hydroxyl groups is 2. The Morgan fingerprint density at radius 2 is 1.76 bits per heavy atom. The van der Waals surface area contributed by atoms with Crippen molar-refractivity contribution in [2.45, 2.75) is 70.4 Å². The Kier molecular flexibility index (Phi) is 2.79. The monoisotopic (exact) mass is 406 g/mol. The minimum Gasteiger partial charge on any atom is -0.456 e. The van der Waals surface area contributed by atoms with Crippen molar-refractivity contribution in [3.05, 3.63) is 11.1 Å². The molecular formula is C20H22O9. The molecule has 0 aromatic heterocycles. The van der Waals surface area contributed by atoms with Crippen molar-refractivity contribution in [1.29, 1.82) is 0 Å². The van der Waals surface area contributed by atoms with Crippen molar-refractivity contribution in [2.75, 3.05) is 0 Å². The molecule has 5 fully saturated rings. The maximum absolute atomic E-state index is 13.3. The molecule has 9 atom stereocenters. The zero-order valence-corrected chi connectivity index (χ0v) is 16.4. The van der Waals surface area contributed by atoms with E-state index in [2.05, 4.69) is 0 Å². The van der Waals surface area contributed by atoms with E-state index in [1.807, 2.05) is 20.8 Å². The lowest BCUT2D eigenvalue weighted by molar-refractivity contribution is -0.192. The maximum atomic E-state index is 13.3. The van der Waals surface area contributed by atoms with E-state index < -0.39 is 76.4 Å². The van der Waals surface area contributed by atoms with Crippen LogP contribution in [0.25, 0.3) is 0 Å². The molecule has 0 bridgehead atoms. The van der Waals surface area contributed by atoms with Gasteiger partial charge in [-0.2, -0.15) is 0 Å². The van der Waals surface area contributed by atoms with E-state index in [1.54, 1.807) is 6.92 Å². The molecule has 9 nitrogen and oxygen atoms in total. The van der Waals surface area contributed by atoms with Crippen LogP contribution in [0.15, 0.2) is 11.1 Å². The summed E-state index contributed by atoms with van der Waals surface area (Å²) in [7, 11) is 0. The quantitative estimate of drug-likeness (QED) is 0.407. The van der Waals surface area contributed by atoms with Gasteiger partial charge in [0.2, 0.25) is 11.9 Å². The molecule has 3 unspecified atom stereocenters. The Morgan fingerprint density at radius 1 is 1.07 bits per heavy atom. The van der Waals surface area contributed by atoms with Gasteiger partial charge < -0.3 is 29.2 Å². The van der Waals surface area contributed by atoms with E-state index >= 15 is 0 Å². The average molecular weight is 406 g/mol. The van der Waals surface area contributed by atoms with Gasteiger partial charge in [0.1, 0.15) is 12.2 Å². The van der Waals surface area contributed by atoms with Gasteiger partial charge in [-0.25, -0.2) is 14.4 Å². The number of hydrogen-bond acceptors (Lipinski definition) is 9. The van der Waals surface area contributed by atoms with Crippen LogP contribution in [-0.2, 0) is 33.3 Å². The van der Waals surface area contributed by atoms with Crippen molar-refractivity contribution in [3.8, 4) is 0 Å². The smallest absolute Gasteiger partial charge is 0.344 e. The summed E-state index contributed by atoms with van der Waals surface area (Å²) >= 11 is 0. The van der Waals surface area contributed by atoms with Crippen LogP contribution in [0.2, 0.25) is 0 Å². The summed E-state index contributed by atoms with van der Waals surface area (Å²) in [5, 5.41) is 22.6. The fourth-order valence-electron chi connectivity index (χ4n) is 7.76. The lowest BCUT2D eigenvalue weighted by Crippen LogP contribution is -2.58. The van der Waals surface area contributed by atoms with E-state index in [9.17, 15) is 24.6 Å². The van der Waals surface area contributed by atoms with Crippen molar-refractivity contribution in [3.63, 3.8) is 0 Å². The van der Waals surface area contributed by atoms with E-state index in [0.717, 1.165) is 0 Å². The molecule has 4 aliphatic heterocycles. The highest BCUT2D eigenvalue weighted by atomic mass is 16.7. The summed E-state index contributed by atoms with van der Waals surface area (Å²) in [5.74, 6) is -2.79. The maximum Gasteiger partial charge on any atom is 0.344 e. The first-order chi connectivity index (χ1) is 13.5. The van der Waals surface area contributed by atoms with Crippen LogP contribution < -0.4 is 0 Å². The van der Waals surface area contributed by atoms with Crippen molar-refractivity contribution in [2.24, 2.45) is 22.2 Å². The van der Waals surface area contributed by atoms with Crippen LogP contribution >= 0.6 is 0 Å². The molecule has 2 N–H and O–H groups in total. The molecule has 6 rings (SSSR count). The van der Waals surface area contributed by atoms with Gasteiger partial charge in [-0.15, -0.1) is 0 Å². The third-order valence-electron chi connectivity index (χ3n) is 8.25. The normalized spacial score (nSPS) is 54.2. The average Bonchev–Trinajstić information content (AvgIpc) is 3.30. The van der Waals surface area contributed by atoms with Crippen molar-refractivity contribution < 1.29 is 43.5 Å². The van der Waals surface area contributed by atoms with E-state index in [1.165, 1.54) is 0 Å². The van der Waals surface area contributed by atoms with Crippen LogP contribution in [0.1, 0.15) is 34.1 Å². The van der Waals surface area contributed by atoms with Gasteiger partial charge in [0.05, 0.1) is 16.9 Å². The zero-order valence-electron chi connectivity index (χ0n) is 16.4. The number of aliphatic hydroxyl groups excluding tert-OH is 2. The first-order valence-electron chi connectivity index (χ1n) is 9.84. The second kappa shape index (κ2) is 4.53. The Bertz CT molecular complexity index is 946. The van der Waals surface area contributed by atoms with Gasteiger partial charge >= 0.3 is 17.9 Å². The van der Waals surface area contributed by atoms with Crippen molar-refractivity contribution in [1.82, 2.24) is 0 Å². The van der Waals surface area contributed by atoms with Gasteiger partial charge in [-0.1, -0.05) is 20.8 Å². The molecule has 2 aliphatic carbocycles. The molecule has 0 amide bonds. The second-order valence-electron chi connectivity index (χ2n) is 10.2. The second-order valence-corrected chi connectivity index (χ2v) is 10.2. The minimum atomic E-state index is -1.73. The fraction of sp³-hybridized carbons (Fsp3) is 0.750. The molecule has 6 aliphatic rings. The molecule has 0 aromatic rings. The molecule has 29 heavy (non-hydrogen) atoms. The highest BCUT2D eigenvalue weighted by molar-refractivity contribution is 6.00.